The van der Waals surface area contributed by atoms with Crippen molar-refractivity contribution in [3.63, 3.8) is 0 Å². The Labute approximate surface area is 157 Å². The second-order valence-electron chi connectivity index (χ2n) is 6.91. The molecule has 4 rings (SSSR count). The predicted octanol–water partition coefficient (Wildman–Crippen LogP) is 1.74. The lowest BCUT2D eigenvalue weighted by Gasteiger charge is -2.23. The number of para-hydroxylation sites is 1. The van der Waals surface area contributed by atoms with E-state index >= 15 is 0 Å². The van der Waals surface area contributed by atoms with Crippen molar-refractivity contribution in [3.8, 4) is 0 Å². The maximum absolute atomic E-state index is 12.6. The third kappa shape index (κ3) is 3.57. The van der Waals surface area contributed by atoms with Gasteiger partial charge in [0, 0.05) is 18.7 Å². The molecule has 3 aromatic rings. The van der Waals surface area contributed by atoms with Crippen LogP contribution in [0.25, 0.3) is 11.0 Å². The Kier molecular flexibility index (Phi) is 4.43. The summed E-state index contributed by atoms with van der Waals surface area (Å²) < 4.78 is 25.1. The molecule has 2 heterocycles. The molecule has 0 radical (unpaired) electrons. The maximum Gasteiger partial charge on any atom is 0.253 e. The number of benzene rings is 2. The number of amides is 1. The SMILES string of the molecule is CN(C(=O)c1ccc(Cn2nnc3ccccc32)cc1)[C@H]1CCS(=O)(=O)C1. The van der Waals surface area contributed by atoms with Gasteiger partial charge in [-0.2, -0.15) is 0 Å². The average molecular weight is 384 g/mol. The van der Waals surface area contributed by atoms with Crippen LogP contribution in [0.15, 0.2) is 48.5 Å². The van der Waals surface area contributed by atoms with E-state index in [4.69, 9.17) is 0 Å². The first-order valence-corrected chi connectivity index (χ1v) is 10.6. The van der Waals surface area contributed by atoms with Gasteiger partial charge >= 0.3 is 0 Å². The van der Waals surface area contributed by atoms with Crippen molar-refractivity contribution in [2.75, 3.05) is 18.6 Å². The van der Waals surface area contributed by atoms with Crippen molar-refractivity contribution in [1.29, 1.82) is 0 Å². The van der Waals surface area contributed by atoms with Crippen LogP contribution in [-0.4, -0.2) is 58.8 Å². The van der Waals surface area contributed by atoms with E-state index in [2.05, 4.69) is 10.3 Å². The summed E-state index contributed by atoms with van der Waals surface area (Å²) in [6, 6.07) is 14.8. The van der Waals surface area contributed by atoms with Crippen LogP contribution in [0, 0.1) is 0 Å². The molecule has 8 heteroatoms. The third-order valence-electron chi connectivity index (χ3n) is 5.03. The summed E-state index contributed by atoms with van der Waals surface area (Å²) in [5, 5.41) is 8.32. The third-order valence-corrected chi connectivity index (χ3v) is 6.78. The highest BCUT2D eigenvalue weighted by atomic mass is 32.2. The van der Waals surface area contributed by atoms with Crippen LogP contribution in [0.4, 0.5) is 0 Å². The second kappa shape index (κ2) is 6.77. The van der Waals surface area contributed by atoms with Gasteiger partial charge in [0.15, 0.2) is 9.84 Å². The fourth-order valence-electron chi connectivity index (χ4n) is 3.41. The quantitative estimate of drug-likeness (QED) is 0.684. The van der Waals surface area contributed by atoms with Crippen molar-refractivity contribution < 1.29 is 13.2 Å². The first kappa shape index (κ1) is 17.7. The molecule has 0 unspecified atom stereocenters. The van der Waals surface area contributed by atoms with Gasteiger partial charge in [-0.15, -0.1) is 5.10 Å². The lowest BCUT2D eigenvalue weighted by Crippen LogP contribution is -2.37. The Morgan fingerprint density at radius 3 is 2.63 bits per heavy atom. The molecular weight excluding hydrogens is 364 g/mol. The van der Waals surface area contributed by atoms with Crippen LogP contribution >= 0.6 is 0 Å². The van der Waals surface area contributed by atoms with E-state index in [1.54, 1.807) is 24.1 Å². The van der Waals surface area contributed by atoms with Gasteiger partial charge in [0.1, 0.15) is 5.52 Å². The minimum atomic E-state index is -3.02. The van der Waals surface area contributed by atoms with E-state index in [0.717, 1.165) is 16.6 Å². The summed E-state index contributed by atoms with van der Waals surface area (Å²) in [5.74, 6) is 0.0436. The van der Waals surface area contributed by atoms with Gasteiger partial charge in [-0.05, 0) is 36.2 Å². The molecule has 7 nitrogen and oxygen atoms in total. The monoisotopic (exact) mass is 384 g/mol. The Balaban J connectivity index is 1.48. The number of nitrogens with zero attached hydrogens (tertiary/aromatic N) is 4. The highest BCUT2D eigenvalue weighted by molar-refractivity contribution is 7.91. The molecule has 1 atom stereocenters. The summed E-state index contributed by atoms with van der Waals surface area (Å²) in [7, 11) is -1.35. The largest absolute Gasteiger partial charge is 0.338 e. The van der Waals surface area contributed by atoms with Crippen molar-refractivity contribution in [2.45, 2.75) is 19.0 Å². The van der Waals surface area contributed by atoms with E-state index in [-0.39, 0.29) is 23.5 Å². The number of hydrogen-bond donors (Lipinski definition) is 0. The molecule has 1 aliphatic heterocycles. The second-order valence-corrected chi connectivity index (χ2v) is 9.13. The van der Waals surface area contributed by atoms with Crippen LogP contribution in [0.1, 0.15) is 22.3 Å². The van der Waals surface area contributed by atoms with E-state index in [0.29, 0.717) is 18.5 Å². The summed E-state index contributed by atoms with van der Waals surface area (Å²) in [5.41, 5.74) is 3.36. The summed E-state index contributed by atoms with van der Waals surface area (Å²) >= 11 is 0. The fourth-order valence-corrected chi connectivity index (χ4v) is 5.18. The predicted molar refractivity (Wildman–Crippen MR) is 102 cm³/mol. The van der Waals surface area contributed by atoms with Gasteiger partial charge in [0.05, 0.1) is 23.6 Å². The molecule has 1 aromatic heterocycles. The van der Waals surface area contributed by atoms with Crippen LogP contribution in [0.3, 0.4) is 0 Å². The van der Waals surface area contributed by atoms with Crippen LogP contribution in [-0.2, 0) is 16.4 Å². The lowest BCUT2D eigenvalue weighted by atomic mass is 10.1. The van der Waals surface area contributed by atoms with Crippen LogP contribution in [0.5, 0.6) is 0 Å². The molecule has 0 N–H and O–H groups in total. The number of carbonyl (C=O) groups excluding carboxylic acids is 1. The van der Waals surface area contributed by atoms with Crippen molar-refractivity contribution in [2.24, 2.45) is 0 Å². The normalized spacial score (nSPS) is 18.6. The van der Waals surface area contributed by atoms with Gasteiger partial charge in [-0.1, -0.05) is 29.5 Å². The Morgan fingerprint density at radius 2 is 1.93 bits per heavy atom. The van der Waals surface area contributed by atoms with E-state index < -0.39 is 9.84 Å². The average Bonchev–Trinajstić information content (AvgIpc) is 3.24. The zero-order chi connectivity index (χ0) is 19.0. The number of hydrogen-bond acceptors (Lipinski definition) is 5. The van der Waals surface area contributed by atoms with Crippen molar-refractivity contribution in [3.05, 3.63) is 59.7 Å². The van der Waals surface area contributed by atoms with Gasteiger partial charge in [0.25, 0.3) is 5.91 Å². The van der Waals surface area contributed by atoms with Gasteiger partial charge in [0.2, 0.25) is 0 Å². The molecule has 1 aliphatic rings. The van der Waals surface area contributed by atoms with E-state index in [1.165, 1.54) is 0 Å². The van der Waals surface area contributed by atoms with Crippen LogP contribution in [0.2, 0.25) is 0 Å². The molecule has 27 heavy (non-hydrogen) atoms. The van der Waals surface area contributed by atoms with Crippen molar-refractivity contribution in [1.82, 2.24) is 19.9 Å². The molecular formula is C19H20N4O3S. The molecule has 2 aromatic carbocycles. The van der Waals surface area contributed by atoms with E-state index in [9.17, 15) is 13.2 Å². The molecule has 1 saturated heterocycles. The minimum absolute atomic E-state index is 0.0483. The summed E-state index contributed by atoms with van der Waals surface area (Å²) in [6.45, 7) is 0.561. The molecule has 1 amide bonds. The lowest BCUT2D eigenvalue weighted by molar-refractivity contribution is 0.0747. The summed E-state index contributed by atoms with van der Waals surface area (Å²) in [4.78, 5) is 14.2. The van der Waals surface area contributed by atoms with E-state index in [1.807, 2.05) is 41.1 Å². The standard InChI is InChI=1S/C19H20N4O3S/c1-22(16-10-11-27(25,26)13-16)19(24)15-8-6-14(7-9-15)12-23-18-5-3-2-4-17(18)20-21-23/h2-9,16H,10-13H2,1H3/t16-/m0/s1. The Bertz CT molecular complexity index is 1090. The Morgan fingerprint density at radius 1 is 1.19 bits per heavy atom. The number of aromatic nitrogens is 3. The number of sulfone groups is 1. The molecule has 0 spiro atoms. The van der Waals surface area contributed by atoms with Crippen LogP contribution < -0.4 is 0 Å². The maximum atomic E-state index is 12.6. The summed E-state index contributed by atoms with van der Waals surface area (Å²) in [6.07, 6.45) is 0.502. The highest BCUT2D eigenvalue weighted by Gasteiger charge is 2.32. The van der Waals surface area contributed by atoms with Gasteiger partial charge in [-0.3, -0.25) is 4.79 Å². The number of carbonyl (C=O) groups is 1. The van der Waals surface area contributed by atoms with Gasteiger partial charge in [-0.25, -0.2) is 13.1 Å². The fraction of sp³-hybridized carbons (Fsp3) is 0.316. The zero-order valence-corrected chi connectivity index (χ0v) is 15.8. The molecule has 0 saturated carbocycles. The molecule has 0 aliphatic carbocycles. The topological polar surface area (TPSA) is 85.2 Å². The number of rotatable bonds is 4. The molecule has 140 valence electrons. The number of fused-ring (bicyclic) bond motifs is 1. The molecule has 1 fully saturated rings. The van der Waals surface area contributed by atoms with Gasteiger partial charge < -0.3 is 4.90 Å². The first-order valence-electron chi connectivity index (χ1n) is 8.78. The smallest absolute Gasteiger partial charge is 0.253 e. The zero-order valence-electron chi connectivity index (χ0n) is 14.9. The minimum Gasteiger partial charge on any atom is -0.338 e. The first-order chi connectivity index (χ1) is 12.9. The highest BCUT2D eigenvalue weighted by Crippen LogP contribution is 2.19. The van der Waals surface area contributed by atoms with Crippen molar-refractivity contribution >= 4 is 26.8 Å². The molecule has 0 bridgehead atoms. The Hall–Kier alpha value is -2.74.